The molecule has 0 saturated heterocycles. The first kappa shape index (κ1) is 15.9. The molecule has 4 N–H and O–H groups in total. The molecule has 0 saturated carbocycles. The highest BCUT2D eigenvalue weighted by atomic mass is 16.2. The summed E-state index contributed by atoms with van der Waals surface area (Å²) in [5, 5.41) is 5.54. The lowest BCUT2D eigenvalue weighted by atomic mass is 10.0. The predicted octanol–water partition coefficient (Wildman–Crippen LogP) is 1.24. The maximum Gasteiger partial charge on any atom is 0.252 e. The standard InChI is InChI=1S/C14H22N4O2/c1-8(2)10-6-9(7-11(16-5)17-10)12(19)18-14(3,4)13(15)20/h6-8H,1-5H3,(H2,15,20)(H,16,17)(H,18,19). The van der Waals surface area contributed by atoms with Crippen LogP contribution in [0.5, 0.6) is 0 Å². The number of carbonyl (C=O) groups is 2. The van der Waals surface area contributed by atoms with Gasteiger partial charge in [-0.25, -0.2) is 4.98 Å². The molecule has 1 aromatic heterocycles. The molecule has 0 spiro atoms. The van der Waals surface area contributed by atoms with Crippen molar-refractivity contribution in [3.05, 3.63) is 23.4 Å². The summed E-state index contributed by atoms with van der Waals surface area (Å²) in [6.07, 6.45) is 0. The lowest BCUT2D eigenvalue weighted by molar-refractivity contribution is -0.122. The van der Waals surface area contributed by atoms with E-state index in [0.29, 0.717) is 11.4 Å². The number of rotatable bonds is 5. The minimum atomic E-state index is -1.10. The van der Waals surface area contributed by atoms with E-state index in [1.165, 1.54) is 0 Å². The summed E-state index contributed by atoms with van der Waals surface area (Å²) in [7, 11) is 1.74. The molecule has 1 rings (SSSR count). The average molecular weight is 278 g/mol. The number of carbonyl (C=O) groups excluding carboxylic acids is 2. The summed E-state index contributed by atoms with van der Waals surface area (Å²) in [6, 6.07) is 3.36. The minimum absolute atomic E-state index is 0.194. The van der Waals surface area contributed by atoms with Crippen molar-refractivity contribution >= 4 is 17.6 Å². The second-order valence-electron chi connectivity index (χ2n) is 5.51. The molecular formula is C14H22N4O2. The Bertz CT molecular complexity index is 524. The third kappa shape index (κ3) is 3.69. The second-order valence-corrected chi connectivity index (χ2v) is 5.51. The zero-order valence-corrected chi connectivity index (χ0v) is 12.6. The van der Waals surface area contributed by atoms with Crippen molar-refractivity contribution < 1.29 is 9.59 Å². The Balaban J connectivity index is 3.10. The summed E-state index contributed by atoms with van der Waals surface area (Å²) in [4.78, 5) is 27.9. The molecule has 6 heteroatoms. The number of anilines is 1. The number of nitrogens with one attached hydrogen (secondary N) is 2. The fourth-order valence-electron chi connectivity index (χ4n) is 1.52. The van der Waals surface area contributed by atoms with E-state index < -0.39 is 11.4 Å². The highest BCUT2D eigenvalue weighted by Gasteiger charge is 2.27. The van der Waals surface area contributed by atoms with Gasteiger partial charge in [0.25, 0.3) is 5.91 Å². The van der Waals surface area contributed by atoms with Gasteiger partial charge in [0.2, 0.25) is 5.91 Å². The molecule has 0 aliphatic carbocycles. The molecule has 6 nitrogen and oxygen atoms in total. The Hall–Kier alpha value is -2.11. The number of hydrogen-bond donors (Lipinski definition) is 3. The molecule has 20 heavy (non-hydrogen) atoms. The van der Waals surface area contributed by atoms with Gasteiger partial charge in [0.05, 0.1) is 0 Å². The summed E-state index contributed by atoms with van der Waals surface area (Å²) in [5.74, 6) is -0.135. The average Bonchev–Trinajstić information content (AvgIpc) is 2.37. The van der Waals surface area contributed by atoms with Crippen molar-refractivity contribution in [2.24, 2.45) is 5.73 Å². The van der Waals surface area contributed by atoms with Crippen molar-refractivity contribution in [1.29, 1.82) is 0 Å². The van der Waals surface area contributed by atoms with Crippen LogP contribution in [-0.2, 0) is 4.79 Å². The Morgan fingerprint density at radius 3 is 2.35 bits per heavy atom. The van der Waals surface area contributed by atoms with Crippen LogP contribution < -0.4 is 16.4 Å². The van der Waals surface area contributed by atoms with E-state index in [1.54, 1.807) is 33.0 Å². The molecular weight excluding hydrogens is 256 g/mol. The van der Waals surface area contributed by atoms with Crippen molar-refractivity contribution in [3.8, 4) is 0 Å². The van der Waals surface area contributed by atoms with Gasteiger partial charge in [-0.1, -0.05) is 13.8 Å². The van der Waals surface area contributed by atoms with Crippen LogP contribution >= 0.6 is 0 Å². The smallest absolute Gasteiger partial charge is 0.252 e. The minimum Gasteiger partial charge on any atom is -0.373 e. The van der Waals surface area contributed by atoms with Gasteiger partial charge >= 0.3 is 0 Å². The summed E-state index contributed by atoms with van der Waals surface area (Å²) >= 11 is 0. The molecule has 0 aromatic carbocycles. The van der Waals surface area contributed by atoms with Crippen LogP contribution in [0.2, 0.25) is 0 Å². The highest BCUT2D eigenvalue weighted by molar-refractivity contribution is 5.99. The van der Waals surface area contributed by atoms with Crippen molar-refractivity contribution in [2.75, 3.05) is 12.4 Å². The Morgan fingerprint density at radius 1 is 1.30 bits per heavy atom. The predicted molar refractivity (Wildman–Crippen MR) is 78.6 cm³/mol. The summed E-state index contributed by atoms with van der Waals surface area (Å²) in [5.41, 5.74) is 5.40. The van der Waals surface area contributed by atoms with Gasteiger partial charge in [0.1, 0.15) is 11.4 Å². The van der Waals surface area contributed by atoms with Crippen molar-refractivity contribution in [2.45, 2.75) is 39.2 Å². The fourth-order valence-corrected chi connectivity index (χ4v) is 1.52. The number of nitrogens with two attached hydrogens (primary N) is 1. The van der Waals surface area contributed by atoms with E-state index >= 15 is 0 Å². The number of amides is 2. The van der Waals surface area contributed by atoms with Crippen molar-refractivity contribution in [1.82, 2.24) is 10.3 Å². The SMILES string of the molecule is CNc1cc(C(=O)NC(C)(C)C(N)=O)cc(C(C)C)n1. The van der Waals surface area contributed by atoms with E-state index in [4.69, 9.17) is 5.73 Å². The van der Waals surface area contributed by atoms with Crippen LogP contribution in [0, 0.1) is 0 Å². The van der Waals surface area contributed by atoms with Crippen molar-refractivity contribution in [3.63, 3.8) is 0 Å². The molecule has 0 radical (unpaired) electrons. The molecule has 0 atom stereocenters. The molecule has 0 aliphatic rings. The topological polar surface area (TPSA) is 97.1 Å². The van der Waals surface area contributed by atoms with Gasteiger partial charge in [-0.2, -0.15) is 0 Å². The Labute approximate surface area is 119 Å². The van der Waals surface area contributed by atoms with Gasteiger partial charge < -0.3 is 16.4 Å². The third-order valence-electron chi connectivity index (χ3n) is 3.00. The first-order valence-corrected chi connectivity index (χ1v) is 6.49. The monoisotopic (exact) mass is 278 g/mol. The molecule has 110 valence electrons. The number of aromatic nitrogens is 1. The third-order valence-corrected chi connectivity index (χ3v) is 3.00. The first-order valence-electron chi connectivity index (χ1n) is 6.49. The van der Waals surface area contributed by atoms with Gasteiger partial charge in [0.15, 0.2) is 0 Å². The van der Waals surface area contributed by atoms with Crippen LogP contribution in [0.1, 0.15) is 49.7 Å². The summed E-state index contributed by atoms with van der Waals surface area (Å²) in [6.45, 7) is 7.13. The number of primary amides is 1. The molecule has 0 unspecified atom stereocenters. The van der Waals surface area contributed by atoms with Gasteiger partial charge in [-0.05, 0) is 31.9 Å². The fraction of sp³-hybridized carbons (Fsp3) is 0.500. The highest BCUT2D eigenvalue weighted by Crippen LogP contribution is 2.18. The lowest BCUT2D eigenvalue weighted by Crippen LogP contribution is -2.53. The zero-order valence-electron chi connectivity index (χ0n) is 12.6. The van der Waals surface area contributed by atoms with E-state index in [9.17, 15) is 9.59 Å². The van der Waals surface area contributed by atoms with Crippen LogP contribution in [0.25, 0.3) is 0 Å². The van der Waals surface area contributed by atoms with Gasteiger partial charge in [0, 0.05) is 18.3 Å². The normalized spacial score (nSPS) is 11.3. The van der Waals surface area contributed by atoms with E-state index in [0.717, 1.165) is 5.69 Å². The van der Waals surface area contributed by atoms with Gasteiger partial charge in [-0.3, -0.25) is 9.59 Å². The summed E-state index contributed by atoms with van der Waals surface area (Å²) < 4.78 is 0. The molecule has 0 fully saturated rings. The molecule has 2 amide bonds. The molecule has 0 bridgehead atoms. The lowest BCUT2D eigenvalue weighted by Gasteiger charge is -2.22. The maximum atomic E-state index is 12.2. The number of pyridine rings is 1. The molecule has 0 aliphatic heterocycles. The largest absolute Gasteiger partial charge is 0.373 e. The first-order chi connectivity index (χ1) is 9.17. The van der Waals surface area contributed by atoms with Crippen LogP contribution in [0.3, 0.4) is 0 Å². The quantitative estimate of drug-likeness (QED) is 0.755. The van der Waals surface area contributed by atoms with Crippen LogP contribution in [0.15, 0.2) is 12.1 Å². The maximum absolute atomic E-state index is 12.2. The van der Waals surface area contributed by atoms with E-state index in [1.807, 2.05) is 13.8 Å². The number of hydrogen-bond acceptors (Lipinski definition) is 4. The van der Waals surface area contributed by atoms with E-state index in [-0.39, 0.29) is 11.8 Å². The van der Waals surface area contributed by atoms with E-state index in [2.05, 4.69) is 15.6 Å². The van der Waals surface area contributed by atoms with Crippen LogP contribution in [0.4, 0.5) is 5.82 Å². The Kier molecular flexibility index (Phi) is 4.70. The van der Waals surface area contributed by atoms with Gasteiger partial charge in [-0.15, -0.1) is 0 Å². The van der Waals surface area contributed by atoms with Crippen LogP contribution in [-0.4, -0.2) is 29.4 Å². The molecule has 1 heterocycles. The molecule has 1 aromatic rings. The Morgan fingerprint density at radius 2 is 1.90 bits per heavy atom. The zero-order chi connectivity index (χ0) is 15.5. The number of nitrogens with zero attached hydrogens (tertiary/aromatic N) is 1. The second kappa shape index (κ2) is 5.90.